The number of ether oxygens (including phenoxy) is 1. The Morgan fingerprint density at radius 2 is 1.72 bits per heavy atom. The van der Waals surface area contributed by atoms with E-state index in [0.29, 0.717) is 0 Å². The first-order valence-electron chi connectivity index (χ1n) is 7.91. The lowest BCUT2D eigenvalue weighted by Crippen LogP contribution is -2.28. The summed E-state index contributed by atoms with van der Waals surface area (Å²) in [5.74, 6) is -0.544. The number of hydrogen-bond donors (Lipinski definition) is 1. The summed E-state index contributed by atoms with van der Waals surface area (Å²) in [5.41, 5.74) is 2.00. The van der Waals surface area contributed by atoms with Crippen molar-refractivity contribution >= 4 is 22.1 Å². The van der Waals surface area contributed by atoms with Crippen LogP contribution < -0.4 is 4.72 Å². The van der Waals surface area contributed by atoms with E-state index in [1.54, 1.807) is 25.1 Å². The molecule has 0 heterocycles. The van der Waals surface area contributed by atoms with E-state index in [1.165, 1.54) is 12.1 Å². The van der Waals surface area contributed by atoms with E-state index in [9.17, 15) is 13.2 Å². The molecule has 0 aliphatic carbocycles. The van der Waals surface area contributed by atoms with E-state index < -0.39 is 16.0 Å². The molecule has 2 rings (SSSR count). The zero-order valence-corrected chi connectivity index (χ0v) is 15.0. The van der Waals surface area contributed by atoms with Gasteiger partial charge in [0.1, 0.15) is 0 Å². The molecule has 0 aliphatic rings. The molecule has 0 spiro atoms. The van der Waals surface area contributed by atoms with Crippen molar-refractivity contribution in [3.8, 4) is 0 Å². The average molecular weight is 359 g/mol. The van der Waals surface area contributed by atoms with Crippen LogP contribution in [-0.4, -0.2) is 27.5 Å². The maximum absolute atomic E-state index is 12.4. The summed E-state index contributed by atoms with van der Waals surface area (Å²) in [4.78, 5) is 12.3. The fraction of sp³-hybridized carbons (Fsp3) is 0.211. The number of carbonyl (C=O) groups excluding carboxylic acids is 1. The van der Waals surface area contributed by atoms with Gasteiger partial charge in [0.15, 0.2) is 0 Å². The molecule has 2 aromatic carbocycles. The Bertz CT molecular complexity index is 841. The Kier molecular flexibility index (Phi) is 6.50. The minimum atomic E-state index is -3.71. The Morgan fingerprint density at radius 1 is 1.08 bits per heavy atom. The number of esters is 1. The molecule has 0 aliphatic heterocycles. The first-order chi connectivity index (χ1) is 11.9. The first-order valence-corrected chi connectivity index (χ1v) is 9.40. The first kappa shape index (κ1) is 18.9. The predicted molar refractivity (Wildman–Crippen MR) is 97.4 cm³/mol. The molecule has 0 amide bonds. The second kappa shape index (κ2) is 8.60. The second-order valence-electron chi connectivity index (χ2n) is 5.44. The van der Waals surface area contributed by atoms with Crippen LogP contribution in [0.2, 0.25) is 0 Å². The Balaban J connectivity index is 2.20. The van der Waals surface area contributed by atoms with Crippen molar-refractivity contribution in [2.75, 3.05) is 13.2 Å². The van der Waals surface area contributed by atoms with Crippen LogP contribution in [0.4, 0.5) is 0 Å². The highest BCUT2D eigenvalue weighted by molar-refractivity contribution is 7.89. The molecule has 0 saturated carbocycles. The maximum atomic E-state index is 12.4. The summed E-state index contributed by atoms with van der Waals surface area (Å²) in [6.07, 6.45) is 1.62. The van der Waals surface area contributed by atoms with Gasteiger partial charge in [0, 0.05) is 6.54 Å². The molecule has 0 aromatic heterocycles. The van der Waals surface area contributed by atoms with E-state index in [4.69, 9.17) is 4.74 Å². The van der Waals surface area contributed by atoms with Crippen molar-refractivity contribution in [1.29, 1.82) is 0 Å². The van der Waals surface area contributed by atoms with Crippen molar-refractivity contribution in [2.24, 2.45) is 0 Å². The number of carbonyl (C=O) groups is 1. The number of aryl methyl sites for hydroxylation is 1. The maximum Gasteiger partial charge on any atom is 0.335 e. The van der Waals surface area contributed by atoms with Crippen LogP contribution in [0.25, 0.3) is 6.08 Å². The summed E-state index contributed by atoms with van der Waals surface area (Å²) in [6.45, 7) is 3.65. The molecule has 5 nitrogen and oxygen atoms in total. The summed E-state index contributed by atoms with van der Waals surface area (Å²) in [5, 5.41) is 0. The highest BCUT2D eigenvalue weighted by Crippen LogP contribution is 2.12. The standard InChI is InChI=1S/C19H21NO4S/c1-3-24-19(21)17(13-16-7-5-4-6-8-16)14-20-25(22,23)18-11-9-15(2)10-12-18/h4-13,20H,3,14H2,1-2H3/b17-13+. The van der Waals surface area contributed by atoms with Crippen molar-refractivity contribution in [2.45, 2.75) is 18.7 Å². The molecule has 0 bridgehead atoms. The highest BCUT2D eigenvalue weighted by Gasteiger charge is 2.17. The van der Waals surface area contributed by atoms with Gasteiger partial charge in [0.05, 0.1) is 17.1 Å². The molecule has 25 heavy (non-hydrogen) atoms. The molecule has 6 heteroatoms. The second-order valence-corrected chi connectivity index (χ2v) is 7.21. The lowest BCUT2D eigenvalue weighted by Gasteiger charge is -2.10. The van der Waals surface area contributed by atoms with Crippen molar-refractivity contribution < 1.29 is 17.9 Å². The Morgan fingerprint density at radius 3 is 2.32 bits per heavy atom. The quantitative estimate of drug-likeness (QED) is 0.609. The van der Waals surface area contributed by atoms with Gasteiger partial charge >= 0.3 is 5.97 Å². The molecule has 0 fully saturated rings. The smallest absolute Gasteiger partial charge is 0.335 e. The van der Waals surface area contributed by atoms with E-state index in [1.807, 2.05) is 37.3 Å². The third-order valence-corrected chi connectivity index (χ3v) is 4.88. The van der Waals surface area contributed by atoms with Gasteiger partial charge in [0.2, 0.25) is 10.0 Å². The molecular formula is C19H21NO4S. The Labute approximate surface area is 148 Å². The SMILES string of the molecule is CCOC(=O)/C(=C/c1ccccc1)CNS(=O)(=O)c1ccc(C)cc1. The van der Waals surface area contributed by atoms with E-state index in [2.05, 4.69) is 4.72 Å². The lowest BCUT2D eigenvalue weighted by molar-refractivity contribution is -0.138. The minimum absolute atomic E-state index is 0.149. The zero-order valence-electron chi connectivity index (χ0n) is 14.2. The van der Waals surface area contributed by atoms with Crippen LogP contribution in [0.5, 0.6) is 0 Å². The molecule has 132 valence electrons. The molecule has 1 N–H and O–H groups in total. The summed E-state index contributed by atoms with van der Waals surface area (Å²) in [6, 6.07) is 15.7. The molecule has 0 unspecified atom stereocenters. The van der Waals surface area contributed by atoms with Gasteiger partial charge in [-0.05, 0) is 37.6 Å². The fourth-order valence-electron chi connectivity index (χ4n) is 2.13. The third kappa shape index (κ3) is 5.55. The molecule has 2 aromatic rings. The van der Waals surface area contributed by atoms with Crippen LogP contribution in [0.3, 0.4) is 0 Å². The van der Waals surface area contributed by atoms with Crippen LogP contribution in [0, 0.1) is 6.92 Å². The topological polar surface area (TPSA) is 72.5 Å². The van der Waals surface area contributed by atoms with E-state index in [-0.39, 0.29) is 23.6 Å². The van der Waals surface area contributed by atoms with Gasteiger partial charge in [-0.1, -0.05) is 48.0 Å². The van der Waals surface area contributed by atoms with Crippen LogP contribution in [0.1, 0.15) is 18.1 Å². The van der Waals surface area contributed by atoms with Gasteiger partial charge in [0.25, 0.3) is 0 Å². The van der Waals surface area contributed by atoms with Crippen LogP contribution >= 0.6 is 0 Å². The molecule has 0 atom stereocenters. The van der Waals surface area contributed by atoms with E-state index >= 15 is 0 Å². The van der Waals surface area contributed by atoms with Crippen LogP contribution in [-0.2, 0) is 19.6 Å². The normalized spacial score (nSPS) is 12.0. The average Bonchev–Trinajstić information content (AvgIpc) is 2.60. The largest absolute Gasteiger partial charge is 0.463 e. The van der Waals surface area contributed by atoms with Gasteiger partial charge in [-0.2, -0.15) is 0 Å². The highest BCUT2D eigenvalue weighted by atomic mass is 32.2. The number of nitrogens with one attached hydrogen (secondary N) is 1. The third-order valence-electron chi connectivity index (χ3n) is 3.46. The summed E-state index contributed by atoms with van der Waals surface area (Å²) < 4.78 is 32.3. The lowest BCUT2D eigenvalue weighted by atomic mass is 10.1. The fourth-order valence-corrected chi connectivity index (χ4v) is 3.14. The van der Waals surface area contributed by atoms with Gasteiger partial charge in [-0.25, -0.2) is 17.9 Å². The number of rotatable bonds is 7. The minimum Gasteiger partial charge on any atom is -0.463 e. The summed E-state index contributed by atoms with van der Waals surface area (Å²) in [7, 11) is -3.71. The van der Waals surface area contributed by atoms with E-state index in [0.717, 1.165) is 11.1 Å². The zero-order chi connectivity index (χ0) is 18.3. The van der Waals surface area contributed by atoms with Crippen molar-refractivity contribution in [3.05, 3.63) is 71.3 Å². The van der Waals surface area contributed by atoms with Gasteiger partial charge in [-0.3, -0.25) is 0 Å². The molecule has 0 radical (unpaired) electrons. The number of sulfonamides is 1. The summed E-state index contributed by atoms with van der Waals surface area (Å²) >= 11 is 0. The predicted octanol–water partition coefficient (Wildman–Crippen LogP) is 2.92. The molecule has 0 saturated heterocycles. The monoisotopic (exact) mass is 359 g/mol. The van der Waals surface area contributed by atoms with Crippen molar-refractivity contribution in [3.63, 3.8) is 0 Å². The van der Waals surface area contributed by atoms with Crippen LogP contribution in [0.15, 0.2) is 65.1 Å². The number of hydrogen-bond acceptors (Lipinski definition) is 4. The van der Waals surface area contributed by atoms with Gasteiger partial charge < -0.3 is 4.74 Å². The van der Waals surface area contributed by atoms with Crippen molar-refractivity contribution in [1.82, 2.24) is 4.72 Å². The number of benzene rings is 2. The van der Waals surface area contributed by atoms with Gasteiger partial charge in [-0.15, -0.1) is 0 Å². The Hall–Kier alpha value is -2.44. The molecular weight excluding hydrogens is 338 g/mol.